The third-order valence-corrected chi connectivity index (χ3v) is 11.5. The first-order valence-corrected chi connectivity index (χ1v) is 18.6. The van der Waals surface area contributed by atoms with Gasteiger partial charge in [-0.2, -0.15) is 10.2 Å². The summed E-state index contributed by atoms with van der Waals surface area (Å²) in [4.78, 5) is 58.3. The van der Waals surface area contributed by atoms with Crippen molar-refractivity contribution in [2.75, 3.05) is 36.9 Å². The van der Waals surface area contributed by atoms with Gasteiger partial charge in [0, 0.05) is 38.6 Å². The number of hydrogen-bond donors (Lipinski definition) is 2. The predicted molar refractivity (Wildman–Crippen MR) is 196 cm³/mol. The number of alkyl halides is 4. The van der Waals surface area contributed by atoms with Crippen LogP contribution in [0.4, 0.5) is 28.9 Å². The molecule has 4 aromatic heterocycles. The number of amides is 3. The number of piperidine rings is 2. The molecule has 0 spiro atoms. The number of nitrogens with one attached hydrogen (secondary N) is 2. The Labute approximate surface area is 317 Å². The van der Waals surface area contributed by atoms with E-state index in [0.717, 1.165) is 0 Å². The number of anilines is 2. The molecule has 6 heterocycles. The molecule has 3 atom stereocenters. The number of imide groups is 1. The third kappa shape index (κ3) is 6.70. The first kappa shape index (κ1) is 37.3. The number of benzene rings is 1. The van der Waals surface area contributed by atoms with Gasteiger partial charge in [-0.05, 0) is 63.3 Å². The van der Waals surface area contributed by atoms with E-state index in [2.05, 4.69) is 25.8 Å². The van der Waals surface area contributed by atoms with Crippen molar-refractivity contribution in [1.29, 1.82) is 0 Å². The van der Waals surface area contributed by atoms with Gasteiger partial charge in [-0.15, -0.1) is 0 Å². The molecule has 3 aliphatic rings. The fourth-order valence-electron chi connectivity index (χ4n) is 8.74. The zero-order valence-corrected chi connectivity index (χ0v) is 30.7. The van der Waals surface area contributed by atoms with Crippen molar-refractivity contribution in [2.24, 2.45) is 13.0 Å². The minimum absolute atomic E-state index is 0.0906. The Balaban J connectivity index is 0.902. The zero-order chi connectivity index (χ0) is 39.4. The maximum Gasteiger partial charge on any atom is 0.329 e. The Hall–Kier alpha value is -5.59. The number of carbonyl (C=O) groups excluding carboxylic acids is 3. The van der Waals surface area contributed by atoms with Crippen LogP contribution in [0.5, 0.6) is 0 Å². The Bertz CT molecular complexity index is 2350. The molecule has 8 rings (SSSR count). The number of imidazole rings is 1. The summed E-state index contributed by atoms with van der Waals surface area (Å²) in [5.41, 5.74) is 0.674. The summed E-state index contributed by atoms with van der Waals surface area (Å²) >= 11 is 0. The molecule has 0 radical (unpaired) electrons. The fourth-order valence-corrected chi connectivity index (χ4v) is 8.74. The van der Waals surface area contributed by atoms with E-state index in [9.17, 15) is 28.0 Å². The van der Waals surface area contributed by atoms with Gasteiger partial charge in [-0.3, -0.25) is 38.4 Å². The van der Waals surface area contributed by atoms with E-state index in [0.29, 0.717) is 48.9 Å². The fraction of sp³-hybridized carbons (Fsp3) is 0.486. The smallest absolute Gasteiger partial charge is 0.329 e. The summed E-state index contributed by atoms with van der Waals surface area (Å²) in [7, 11) is 3.27. The molecule has 0 bridgehead atoms. The second-order valence-electron chi connectivity index (χ2n) is 15.0. The molecule has 56 heavy (non-hydrogen) atoms. The SMILES string of the molecule is CN(CC1CCC(n2cc(NC(=O)c3cnn4cccnc34)c(C(F)F)n2)CC1)C1C(F)CN(c2cccc3c2n(C)c(=O)n3C2CCC(=O)NC2=O)CC1F. The Morgan fingerprint density at radius 3 is 2.52 bits per heavy atom. The molecule has 296 valence electrons. The summed E-state index contributed by atoms with van der Waals surface area (Å²) in [5.74, 6) is -1.50. The Morgan fingerprint density at radius 2 is 1.80 bits per heavy atom. The van der Waals surface area contributed by atoms with Gasteiger partial charge in [0.15, 0.2) is 11.3 Å². The van der Waals surface area contributed by atoms with Crippen molar-refractivity contribution < 1.29 is 31.9 Å². The van der Waals surface area contributed by atoms with E-state index >= 15 is 8.78 Å². The molecule has 3 unspecified atom stereocenters. The van der Waals surface area contributed by atoms with E-state index in [4.69, 9.17) is 0 Å². The first-order chi connectivity index (χ1) is 26.9. The number of hydrogen-bond acceptors (Lipinski definition) is 9. The zero-order valence-electron chi connectivity index (χ0n) is 30.7. The van der Waals surface area contributed by atoms with Gasteiger partial charge in [0.2, 0.25) is 11.8 Å². The second-order valence-corrected chi connectivity index (χ2v) is 15.0. The van der Waals surface area contributed by atoms with E-state index in [1.807, 2.05) is 0 Å². The van der Waals surface area contributed by atoms with Gasteiger partial charge in [0.25, 0.3) is 12.3 Å². The lowest BCUT2D eigenvalue weighted by atomic mass is 9.85. The van der Waals surface area contributed by atoms with E-state index < -0.39 is 60.0 Å². The van der Waals surface area contributed by atoms with Crippen LogP contribution < -0.4 is 21.2 Å². The monoisotopic (exact) mass is 779 g/mol. The van der Waals surface area contributed by atoms with Crippen LogP contribution in [0.15, 0.2) is 53.8 Å². The molecule has 3 fully saturated rings. The number of fused-ring (bicyclic) bond motifs is 2. The van der Waals surface area contributed by atoms with Gasteiger partial charge in [-0.25, -0.2) is 31.9 Å². The van der Waals surface area contributed by atoms with Crippen molar-refractivity contribution in [2.45, 2.75) is 75.4 Å². The van der Waals surface area contributed by atoms with E-state index in [1.165, 1.54) is 36.9 Å². The predicted octanol–water partition coefficient (Wildman–Crippen LogP) is 3.97. The molecule has 15 nitrogen and oxygen atoms in total. The Kier molecular flexibility index (Phi) is 9.88. The largest absolute Gasteiger partial charge is 0.364 e. The van der Waals surface area contributed by atoms with Crippen LogP contribution in [0, 0.1) is 5.92 Å². The molecule has 1 aliphatic carbocycles. The highest BCUT2D eigenvalue weighted by atomic mass is 19.3. The average molecular weight is 780 g/mol. The molecule has 2 saturated heterocycles. The topological polar surface area (TPSA) is 157 Å². The van der Waals surface area contributed by atoms with E-state index in [-0.39, 0.29) is 54.8 Å². The van der Waals surface area contributed by atoms with Gasteiger partial charge in [-0.1, -0.05) is 6.07 Å². The van der Waals surface area contributed by atoms with Crippen LogP contribution in [0.1, 0.15) is 73.1 Å². The lowest BCUT2D eigenvalue weighted by molar-refractivity contribution is -0.135. The Morgan fingerprint density at radius 1 is 1.05 bits per heavy atom. The van der Waals surface area contributed by atoms with Crippen molar-refractivity contribution >= 4 is 45.8 Å². The minimum Gasteiger partial charge on any atom is -0.364 e. The van der Waals surface area contributed by atoms with Crippen LogP contribution in [-0.2, 0) is 16.6 Å². The standard InChI is InChI=1S/C37H41F4N11O4/c1-47(16-20-7-9-21(10-8-20)51-19-25(30(46-51)33(40)41)44-35(54)22-15-43-50-14-4-13-42-34(22)50)31-23(38)17-49(18-24(31)39)26-5-3-6-27-32(26)48(2)37(56)52(27)28-11-12-29(53)45-36(28)55/h3-6,13-15,19-21,23-24,28,31,33H,7-12,16-18H2,1-2H3,(H,44,54)(H,45,53,55). The summed E-state index contributed by atoms with van der Waals surface area (Å²) in [6.07, 6.45) is 2.64. The quantitative estimate of drug-likeness (QED) is 0.167. The summed E-state index contributed by atoms with van der Waals surface area (Å²) in [5, 5.41) is 13.1. The summed E-state index contributed by atoms with van der Waals surface area (Å²) in [6, 6.07) is 4.63. The maximum atomic E-state index is 16.1. The number of carbonyl (C=O) groups is 3. The lowest BCUT2D eigenvalue weighted by Crippen LogP contribution is -2.59. The molecule has 5 aromatic rings. The van der Waals surface area contributed by atoms with Crippen LogP contribution in [-0.4, -0.2) is 101 Å². The van der Waals surface area contributed by atoms with Crippen molar-refractivity contribution in [1.82, 2.24) is 43.7 Å². The normalized spacial score (nSPS) is 24.8. The number of rotatable bonds is 9. The van der Waals surface area contributed by atoms with Gasteiger partial charge in [0.1, 0.15) is 23.9 Å². The molecular weight excluding hydrogens is 738 g/mol. The van der Waals surface area contributed by atoms with Gasteiger partial charge >= 0.3 is 5.69 Å². The third-order valence-electron chi connectivity index (χ3n) is 11.5. The van der Waals surface area contributed by atoms with Gasteiger partial charge < -0.3 is 10.2 Å². The van der Waals surface area contributed by atoms with Crippen LogP contribution in [0.2, 0.25) is 0 Å². The molecule has 19 heteroatoms. The number of para-hydroxylation sites is 1. The van der Waals surface area contributed by atoms with Crippen LogP contribution in [0.25, 0.3) is 16.7 Å². The van der Waals surface area contributed by atoms with Crippen LogP contribution >= 0.6 is 0 Å². The molecule has 2 N–H and O–H groups in total. The van der Waals surface area contributed by atoms with Crippen LogP contribution in [0.3, 0.4) is 0 Å². The second kappa shape index (κ2) is 14.8. The lowest BCUT2D eigenvalue weighted by Gasteiger charge is -2.43. The number of halogens is 4. The highest BCUT2D eigenvalue weighted by Gasteiger charge is 2.42. The molecule has 1 saturated carbocycles. The molecule has 3 amide bonds. The highest BCUT2D eigenvalue weighted by Crippen LogP contribution is 2.37. The summed E-state index contributed by atoms with van der Waals surface area (Å²) < 4.78 is 65.8. The number of nitrogens with zero attached hydrogens (tertiary/aromatic N) is 9. The van der Waals surface area contributed by atoms with Crippen molar-refractivity contribution in [3.8, 4) is 0 Å². The van der Waals surface area contributed by atoms with E-state index in [1.54, 1.807) is 54.4 Å². The highest BCUT2D eigenvalue weighted by molar-refractivity contribution is 6.08. The molecule has 1 aromatic carbocycles. The van der Waals surface area contributed by atoms with Crippen molar-refractivity contribution in [3.05, 3.63) is 70.8 Å². The minimum atomic E-state index is -2.92. The number of aryl methyl sites for hydroxylation is 1. The average Bonchev–Trinajstić information content (AvgIpc) is 3.86. The first-order valence-electron chi connectivity index (χ1n) is 18.6. The number of aromatic nitrogens is 7. The molecular formula is C37H41F4N11O4. The van der Waals surface area contributed by atoms with Gasteiger partial charge in [0.05, 0.1) is 53.8 Å². The van der Waals surface area contributed by atoms with Crippen molar-refractivity contribution in [3.63, 3.8) is 0 Å². The summed E-state index contributed by atoms with van der Waals surface area (Å²) in [6.45, 7) is 0.211. The maximum absolute atomic E-state index is 16.1. The molecule has 2 aliphatic heterocycles.